The lowest BCUT2D eigenvalue weighted by molar-refractivity contribution is -0.121. The van der Waals surface area contributed by atoms with E-state index in [1.165, 1.54) is 6.07 Å². The summed E-state index contributed by atoms with van der Waals surface area (Å²) in [6.45, 7) is 4.34. The first-order valence-electron chi connectivity index (χ1n) is 6.57. The molecule has 1 aromatic rings. The van der Waals surface area contributed by atoms with Crippen LogP contribution in [0.1, 0.15) is 32.3 Å². The van der Waals surface area contributed by atoms with Crippen LogP contribution in [0.15, 0.2) is 18.2 Å². The molecule has 1 aromatic carbocycles. The second kappa shape index (κ2) is 7.79. The van der Waals surface area contributed by atoms with Gasteiger partial charge in [0.2, 0.25) is 5.91 Å². The van der Waals surface area contributed by atoms with Crippen LogP contribution in [0.3, 0.4) is 0 Å². The summed E-state index contributed by atoms with van der Waals surface area (Å²) in [5.41, 5.74) is 6.20. The van der Waals surface area contributed by atoms with Gasteiger partial charge in [0.15, 0.2) is 0 Å². The molecule has 1 amide bonds. The Morgan fingerprint density at radius 1 is 1.50 bits per heavy atom. The Morgan fingerprint density at radius 2 is 2.20 bits per heavy atom. The van der Waals surface area contributed by atoms with Gasteiger partial charge in [-0.2, -0.15) is 0 Å². The van der Waals surface area contributed by atoms with Crippen molar-refractivity contribution >= 4 is 28.8 Å². The molecule has 4 N–H and O–H groups in total. The SMILES string of the molecule is CCC(C)NC(=O)CCNc1cccc(F)c1C(N)=S. The molecule has 0 bridgehead atoms. The number of halogens is 1. The molecule has 0 aromatic heterocycles. The molecule has 110 valence electrons. The summed E-state index contributed by atoms with van der Waals surface area (Å²) >= 11 is 4.83. The molecular formula is C14H20FN3OS. The summed E-state index contributed by atoms with van der Waals surface area (Å²) in [7, 11) is 0. The Bertz CT molecular complexity index is 493. The Morgan fingerprint density at radius 3 is 2.80 bits per heavy atom. The van der Waals surface area contributed by atoms with Gasteiger partial charge in [0, 0.05) is 24.7 Å². The number of benzene rings is 1. The summed E-state index contributed by atoms with van der Waals surface area (Å²) in [6, 6.07) is 4.71. The Labute approximate surface area is 123 Å². The third kappa shape index (κ3) is 4.77. The fraction of sp³-hybridized carbons (Fsp3) is 0.429. The van der Waals surface area contributed by atoms with Gasteiger partial charge in [0.25, 0.3) is 0 Å². The zero-order chi connectivity index (χ0) is 15.1. The summed E-state index contributed by atoms with van der Waals surface area (Å²) in [6.07, 6.45) is 1.19. The normalized spacial score (nSPS) is 11.8. The quantitative estimate of drug-likeness (QED) is 0.675. The third-order valence-corrected chi connectivity index (χ3v) is 3.15. The number of hydrogen-bond acceptors (Lipinski definition) is 3. The number of carbonyl (C=O) groups is 1. The van der Waals surface area contributed by atoms with E-state index in [-0.39, 0.29) is 22.5 Å². The minimum Gasteiger partial charge on any atom is -0.389 e. The largest absolute Gasteiger partial charge is 0.389 e. The number of nitrogens with one attached hydrogen (secondary N) is 2. The van der Waals surface area contributed by atoms with Crippen molar-refractivity contribution in [3.05, 3.63) is 29.6 Å². The monoisotopic (exact) mass is 297 g/mol. The van der Waals surface area contributed by atoms with Crippen LogP contribution in [-0.2, 0) is 4.79 Å². The first kappa shape index (κ1) is 16.4. The van der Waals surface area contributed by atoms with Gasteiger partial charge in [0.05, 0.1) is 5.56 Å². The Hall–Kier alpha value is -1.69. The van der Waals surface area contributed by atoms with Crippen LogP contribution >= 0.6 is 12.2 Å². The molecule has 0 saturated carbocycles. The molecule has 0 aliphatic carbocycles. The molecule has 1 atom stereocenters. The summed E-state index contributed by atoms with van der Waals surface area (Å²) in [4.78, 5) is 11.6. The smallest absolute Gasteiger partial charge is 0.221 e. The molecule has 0 saturated heterocycles. The number of thiocarbonyl (C=S) groups is 1. The third-order valence-electron chi connectivity index (χ3n) is 2.95. The highest BCUT2D eigenvalue weighted by molar-refractivity contribution is 7.80. The second-order valence-corrected chi connectivity index (χ2v) is 5.02. The number of amides is 1. The maximum absolute atomic E-state index is 13.6. The number of nitrogens with two attached hydrogens (primary N) is 1. The topological polar surface area (TPSA) is 67.2 Å². The minimum absolute atomic E-state index is 0.00495. The van der Waals surface area contributed by atoms with Crippen LogP contribution in [0.2, 0.25) is 0 Å². The zero-order valence-corrected chi connectivity index (χ0v) is 12.5. The molecule has 0 aliphatic rings. The number of anilines is 1. The van der Waals surface area contributed by atoms with Crippen LogP contribution < -0.4 is 16.4 Å². The standard InChI is InChI=1S/C14H20FN3OS/c1-3-9(2)18-12(19)7-8-17-11-6-4-5-10(15)13(11)14(16)20/h4-6,9,17H,3,7-8H2,1-2H3,(H2,16,20)(H,18,19). The maximum atomic E-state index is 13.6. The lowest BCUT2D eigenvalue weighted by Gasteiger charge is -2.13. The molecule has 6 heteroatoms. The summed E-state index contributed by atoms with van der Waals surface area (Å²) in [5.74, 6) is -0.508. The second-order valence-electron chi connectivity index (χ2n) is 4.58. The van der Waals surface area contributed by atoms with Crippen molar-refractivity contribution in [3.8, 4) is 0 Å². The summed E-state index contributed by atoms with van der Waals surface area (Å²) in [5, 5.41) is 5.85. The van der Waals surface area contributed by atoms with Gasteiger partial charge in [-0.05, 0) is 25.5 Å². The molecule has 4 nitrogen and oxygen atoms in total. The van der Waals surface area contributed by atoms with Crippen molar-refractivity contribution < 1.29 is 9.18 Å². The summed E-state index contributed by atoms with van der Waals surface area (Å²) < 4.78 is 13.6. The van der Waals surface area contributed by atoms with Crippen molar-refractivity contribution in [2.75, 3.05) is 11.9 Å². The molecule has 1 unspecified atom stereocenters. The Balaban J connectivity index is 2.57. The van der Waals surface area contributed by atoms with Crippen LogP contribution in [-0.4, -0.2) is 23.5 Å². The van der Waals surface area contributed by atoms with Gasteiger partial charge in [-0.3, -0.25) is 4.79 Å². The molecule has 20 heavy (non-hydrogen) atoms. The van der Waals surface area contributed by atoms with E-state index in [2.05, 4.69) is 10.6 Å². The highest BCUT2D eigenvalue weighted by Gasteiger charge is 2.11. The predicted molar refractivity (Wildman–Crippen MR) is 83.3 cm³/mol. The van der Waals surface area contributed by atoms with E-state index in [0.717, 1.165) is 6.42 Å². The Kier molecular flexibility index (Phi) is 6.38. The predicted octanol–water partition coefficient (Wildman–Crippen LogP) is 2.18. The van der Waals surface area contributed by atoms with Crippen molar-refractivity contribution in [3.63, 3.8) is 0 Å². The molecule has 0 radical (unpaired) electrons. The average Bonchev–Trinajstić information content (AvgIpc) is 2.38. The van der Waals surface area contributed by atoms with E-state index in [9.17, 15) is 9.18 Å². The van der Waals surface area contributed by atoms with Crippen molar-refractivity contribution in [1.29, 1.82) is 0 Å². The van der Waals surface area contributed by atoms with Crippen LogP contribution in [0.5, 0.6) is 0 Å². The minimum atomic E-state index is -0.466. The van der Waals surface area contributed by atoms with E-state index in [1.807, 2.05) is 13.8 Å². The average molecular weight is 297 g/mol. The fourth-order valence-electron chi connectivity index (χ4n) is 1.68. The van der Waals surface area contributed by atoms with Gasteiger partial charge in [-0.15, -0.1) is 0 Å². The van der Waals surface area contributed by atoms with Crippen molar-refractivity contribution in [1.82, 2.24) is 5.32 Å². The highest BCUT2D eigenvalue weighted by Crippen LogP contribution is 2.18. The van der Waals surface area contributed by atoms with Gasteiger partial charge in [0.1, 0.15) is 10.8 Å². The van der Waals surface area contributed by atoms with Crippen LogP contribution in [0.4, 0.5) is 10.1 Å². The maximum Gasteiger partial charge on any atom is 0.221 e. The molecule has 0 heterocycles. The number of rotatable bonds is 7. The van der Waals surface area contributed by atoms with Crippen molar-refractivity contribution in [2.24, 2.45) is 5.73 Å². The zero-order valence-electron chi connectivity index (χ0n) is 11.7. The first-order chi connectivity index (χ1) is 9.45. The van der Waals surface area contributed by atoms with E-state index >= 15 is 0 Å². The van der Waals surface area contributed by atoms with E-state index < -0.39 is 5.82 Å². The first-order valence-corrected chi connectivity index (χ1v) is 6.98. The van der Waals surface area contributed by atoms with Gasteiger partial charge < -0.3 is 16.4 Å². The lowest BCUT2D eigenvalue weighted by Crippen LogP contribution is -2.33. The molecule has 0 spiro atoms. The highest BCUT2D eigenvalue weighted by atomic mass is 32.1. The fourth-order valence-corrected chi connectivity index (χ4v) is 1.89. The van der Waals surface area contributed by atoms with E-state index in [1.54, 1.807) is 12.1 Å². The van der Waals surface area contributed by atoms with E-state index in [4.69, 9.17) is 18.0 Å². The van der Waals surface area contributed by atoms with Gasteiger partial charge in [-0.25, -0.2) is 4.39 Å². The van der Waals surface area contributed by atoms with Crippen LogP contribution in [0.25, 0.3) is 0 Å². The molecule has 1 rings (SSSR count). The molecular weight excluding hydrogens is 277 g/mol. The molecule has 0 aliphatic heterocycles. The lowest BCUT2D eigenvalue weighted by atomic mass is 10.1. The van der Waals surface area contributed by atoms with E-state index in [0.29, 0.717) is 18.7 Å². The van der Waals surface area contributed by atoms with Gasteiger partial charge in [-0.1, -0.05) is 25.2 Å². The van der Waals surface area contributed by atoms with Gasteiger partial charge >= 0.3 is 0 Å². The van der Waals surface area contributed by atoms with Crippen molar-refractivity contribution in [2.45, 2.75) is 32.7 Å². The van der Waals surface area contributed by atoms with Crippen LogP contribution in [0, 0.1) is 5.82 Å². The number of carbonyl (C=O) groups excluding carboxylic acids is 1. The number of hydrogen-bond donors (Lipinski definition) is 3. The molecule has 0 fully saturated rings.